The van der Waals surface area contributed by atoms with Gasteiger partial charge in [-0.3, -0.25) is 29.3 Å². The lowest BCUT2D eigenvalue weighted by Crippen LogP contribution is -2.30. The number of carbonyl (C=O) groups is 3. The van der Waals surface area contributed by atoms with Gasteiger partial charge in [-0.1, -0.05) is 12.1 Å². The van der Waals surface area contributed by atoms with Crippen molar-refractivity contribution in [2.24, 2.45) is 0 Å². The fourth-order valence-corrected chi connectivity index (χ4v) is 5.12. The highest BCUT2D eigenvalue weighted by molar-refractivity contribution is 6.36. The second-order valence-electron chi connectivity index (χ2n) is 8.67. The molecule has 172 valence electrons. The molecule has 3 amide bonds. The van der Waals surface area contributed by atoms with Crippen molar-refractivity contribution >= 4 is 50.9 Å². The summed E-state index contributed by atoms with van der Waals surface area (Å²) in [6.45, 7) is 0. The van der Waals surface area contributed by atoms with Crippen LogP contribution in [0.15, 0.2) is 85.2 Å². The van der Waals surface area contributed by atoms with Crippen molar-refractivity contribution in [3.63, 3.8) is 0 Å². The van der Waals surface area contributed by atoms with E-state index >= 15 is 0 Å². The highest BCUT2D eigenvalue weighted by atomic mass is 16.3. The molecule has 2 aliphatic rings. The second-order valence-corrected chi connectivity index (χ2v) is 8.67. The highest BCUT2D eigenvalue weighted by Crippen LogP contribution is 2.42. The molecule has 4 heterocycles. The first-order chi connectivity index (χ1) is 17.5. The number of hydrogen-bond donors (Lipinski definition) is 1. The molecule has 3 aromatic carbocycles. The molecule has 8 nitrogen and oxygen atoms in total. The normalized spacial score (nSPS) is 16.8. The van der Waals surface area contributed by atoms with Crippen LogP contribution in [0.1, 0.15) is 42.9 Å². The molecule has 0 spiro atoms. The number of aliphatic hydroxyl groups is 1. The summed E-state index contributed by atoms with van der Waals surface area (Å²) in [6, 6.07) is 20.5. The Morgan fingerprint density at radius 2 is 1.22 bits per heavy atom. The molecule has 0 fully saturated rings. The largest absolute Gasteiger partial charge is 0.369 e. The maximum Gasteiger partial charge on any atom is 0.266 e. The van der Waals surface area contributed by atoms with Crippen LogP contribution in [0, 0.1) is 0 Å². The predicted molar refractivity (Wildman–Crippen MR) is 133 cm³/mol. The molecule has 7 rings (SSSR count). The second kappa shape index (κ2) is 7.27. The molecule has 5 aromatic rings. The maximum atomic E-state index is 13.5. The van der Waals surface area contributed by atoms with Gasteiger partial charge in [-0.25, -0.2) is 4.90 Å². The Kier molecular flexibility index (Phi) is 4.13. The molecule has 0 bridgehead atoms. The number of hydrogen-bond acceptors (Lipinski definition) is 6. The minimum Gasteiger partial charge on any atom is -0.369 e. The first-order valence-corrected chi connectivity index (χ1v) is 11.3. The number of amides is 3. The van der Waals surface area contributed by atoms with Crippen LogP contribution in [0.3, 0.4) is 0 Å². The molecule has 0 aliphatic carbocycles. The van der Waals surface area contributed by atoms with Gasteiger partial charge in [0.25, 0.3) is 17.7 Å². The van der Waals surface area contributed by atoms with Crippen LogP contribution in [0.4, 0.5) is 11.4 Å². The number of aromatic nitrogens is 2. The minimum absolute atomic E-state index is 0.127. The summed E-state index contributed by atoms with van der Waals surface area (Å²) in [5, 5.41) is 12.6. The van der Waals surface area contributed by atoms with Gasteiger partial charge in [0.1, 0.15) is 0 Å². The highest BCUT2D eigenvalue weighted by Gasteiger charge is 2.44. The first kappa shape index (κ1) is 20.4. The van der Waals surface area contributed by atoms with Gasteiger partial charge in [-0.05, 0) is 60.7 Å². The van der Waals surface area contributed by atoms with Crippen molar-refractivity contribution in [3.05, 3.63) is 107 Å². The zero-order valence-electron chi connectivity index (χ0n) is 18.6. The Balaban J connectivity index is 1.34. The van der Waals surface area contributed by atoms with Gasteiger partial charge in [0, 0.05) is 34.3 Å². The van der Waals surface area contributed by atoms with Crippen molar-refractivity contribution in [2.45, 2.75) is 6.23 Å². The zero-order chi connectivity index (χ0) is 24.6. The zero-order valence-corrected chi connectivity index (χ0v) is 18.6. The predicted octanol–water partition coefficient (Wildman–Crippen LogP) is 4.23. The molecule has 0 radical (unpaired) electrons. The van der Waals surface area contributed by atoms with Crippen molar-refractivity contribution in [3.8, 4) is 0 Å². The van der Waals surface area contributed by atoms with Crippen LogP contribution in [-0.2, 0) is 0 Å². The summed E-state index contributed by atoms with van der Waals surface area (Å²) < 4.78 is 0. The fraction of sp³-hybridized carbons (Fsp3) is 0.0357. The molecule has 0 saturated carbocycles. The third kappa shape index (κ3) is 2.64. The number of nitrogens with zero attached hydrogens (tertiary/aromatic N) is 4. The Morgan fingerprint density at radius 3 is 1.89 bits per heavy atom. The van der Waals surface area contributed by atoms with E-state index in [1.165, 1.54) is 17.0 Å². The monoisotopic (exact) mass is 472 g/mol. The SMILES string of the molecule is O=C1c2cc3c(cc2C(=O)N1c1cccc2ncccc12)C(O)N(c1cccc2ncccc12)C3=O. The molecular weight excluding hydrogens is 456 g/mol. The van der Waals surface area contributed by atoms with Gasteiger partial charge in [-0.2, -0.15) is 0 Å². The van der Waals surface area contributed by atoms with Gasteiger partial charge in [-0.15, -0.1) is 0 Å². The minimum atomic E-state index is -1.32. The Hall–Kier alpha value is -4.95. The average Bonchev–Trinajstić information content (AvgIpc) is 3.30. The third-order valence-electron chi connectivity index (χ3n) is 6.77. The molecule has 2 aromatic heterocycles. The lowest BCUT2D eigenvalue weighted by molar-refractivity contribution is 0.0922. The number of aliphatic hydroxyl groups excluding tert-OH is 1. The molecular formula is C28H16N4O4. The standard InChI is InChI=1S/C28H16N4O4/c33-25-17-13-19-20(28(36)32(27(19)35)24-10-2-8-22-16(24)6-4-12-30-22)14-18(17)26(34)31(25)23-9-1-7-21-15(23)5-3-11-29-21/h1-14,25,33H. The number of benzene rings is 3. The lowest BCUT2D eigenvalue weighted by Gasteiger charge is -2.22. The van der Waals surface area contributed by atoms with E-state index in [0.717, 1.165) is 4.90 Å². The van der Waals surface area contributed by atoms with Crippen LogP contribution in [0.2, 0.25) is 0 Å². The quantitative estimate of drug-likeness (QED) is 0.386. The van der Waals surface area contributed by atoms with Crippen molar-refractivity contribution in [2.75, 3.05) is 9.80 Å². The van der Waals surface area contributed by atoms with E-state index in [1.54, 1.807) is 60.9 Å². The summed E-state index contributed by atoms with van der Waals surface area (Å²) in [5.74, 6) is -1.49. The Morgan fingerprint density at radius 1 is 0.639 bits per heavy atom. The first-order valence-electron chi connectivity index (χ1n) is 11.3. The third-order valence-corrected chi connectivity index (χ3v) is 6.77. The van der Waals surface area contributed by atoms with E-state index in [2.05, 4.69) is 9.97 Å². The number of rotatable bonds is 2. The van der Waals surface area contributed by atoms with Crippen LogP contribution in [0.25, 0.3) is 21.8 Å². The van der Waals surface area contributed by atoms with Gasteiger partial charge in [0.15, 0.2) is 6.23 Å². The Labute approximate surface area is 204 Å². The van der Waals surface area contributed by atoms with E-state index < -0.39 is 23.9 Å². The summed E-state index contributed by atoms with van der Waals surface area (Å²) in [4.78, 5) is 51.4. The number of fused-ring (bicyclic) bond motifs is 4. The van der Waals surface area contributed by atoms with E-state index in [1.807, 2.05) is 12.1 Å². The number of carbonyl (C=O) groups excluding carboxylic acids is 3. The van der Waals surface area contributed by atoms with Crippen LogP contribution >= 0.6 is 0 Å². The van der Waals surface area contributed by atoms with E-state index in [4.69, 9.17) is 0 Å². The fourth-order valence-electron chi connectivity index (χ4n) is 5.12. The van der Waals surface area contributed by atoms with Crippen LogP contribution in [-0.4, -0.2) is 32.8 Å². The average molecular weight is 472 g/mol. The molecule has 0 saturated heterocycles. The number of pyridine rings is 2. The molecule has 1 atom stereocenters. The van der Waals surface area contributed by atoms with Gasteiger partial charge in [0.05, 0.1) is 33.5 Å². The number of anilines is 2. The molecule has 8 heteroatoms. The molecule has 1 unspecified atom stereocenters. The summed E-state index contributed by atoms with van der Waals surface area (Å²) >= 11 is 0. The molecule has 1 N–H and O–H groups in total. The van der Waals surface area contributed by atoms with E-state index in [9.17, 15) is 19.5 Å². The summed E-state index contributed by atoms with van der Waals surface area (Å²) in [7, 11) is 0. The molecule has 2 aliphatic heterocycles. The Bertz CT molecular complexity index is 1790. The lowest BCUT2D eigenvalue weighted by atomic mass is 10.0. The van der Waals surface area contributed by atoms with Gasteiger partial charge < -0.3 is 5.11 Å². The van der Waals surface area contributed by atoms with Crippen molar-refractivity contribution in [1.82, 2.24) is 9.97 Å². The number of imide groups is 1. The smallest absolute Gasteiger partial charge is 0.266 e. The van der Waals surface area contributed by atoms with Gasteiger partial charge >= 0.3 is 0 Å². The van der Waals surface area contributed by atoms with E-state index in [0.29, 0.717) is 33.2 Å². The van der Waals surface area contributed by atoms with Crippen molar-refractivity contribution < 1.29 is 19.5 Å². The maximum absolute atomic E-state index is 13.5. The van der Waals surface area contributed by atoms with Crippen molar-refractivity contribution in [1.29, 1.82) is 0 Å². The van der Waals surface area contributed by atoms with Crippen LogP contribution < -0.4 is 9.80 Å². The van der Waals surface area contributed by atoms with E-state index in [-0.39, 0.29) is 22.3 Å². The topological polar surface area (TPSA) is 104 Å². The van der Waals surface area contributed by atoms with Gasteiger partial charge in [0.2, 0.25) is 0 Å². The molecule has 36 heavy (non-hydrogen) atoms. The summed E-state index contributed by atoms with van der Waals surface area (Å²) in [5.41, 5.74) is 2.99. The summed E-state index contributed by atoms with van der Waals surface area (Å²) in [6.07, 6.45) is 1.98. The van der Waals surface area contributed by atoms with Crippen LogP contribution in [0.5, 0.6) is 0 Å².